The van der Waals surface area contributed by atoms with Gasteiger partial charge in [0.1, 0.15) is 17.4 Å². The van der Waals surface area contributed by atoms with Crippen LogP contribution in [0.1, 0.15) is 23.2 Å². The first-order valence-corrected chi connectivity index (χ1v) is 10.4. The quantitative estimate of drug-likeness (QED) is 0.595. The van der Waals surface area contributed by atoms with E-state index in [2.05, 4.69) is 5.32 Å². The van der Waals surface area contributed by atoms with Crippen LogP contribution in [0.25, 0.3) is 0 Å². The number of nitrogens with one attached hydrogen (secondary N) is 1. The van der Waals surface area contributed by atoms with E-state index in [0.29, 0.717) is 42.1 Å². The van der Waals surface area contributed by atoms with Crippen molar-refractivity contribution in [1.29, 1.82) is 0 Å². The summed E-state index contributed by atoms with van der Waals surface area (Å²) in [5, 5.41) is 2.88. The molecule has 3 aromatic rings. The molecule has 0 bridgehead atoms. The number of anilines is 1. The van der Waals surface area contributed by atoms with E-state index in [1.165, 1.54) is 36.4 Å². The Morgan fingerprint density at radius 1 is 0.938 bits per heavy atom. The second-order valence-electron chi connectivity index (χ2n) is 7.64. The molecular weight excluding hydrogens is 414 g/mol. The molecule has 0 spiro atoms. The Morgan fingerprint density at radius 3 is 2.50 bits per heavy atom. The predicted octanol–water partition coefficient (Wildman–Crippen LogP) is 5.25. The number of rotatable bonds is 5. The van der Waals surface area contributed by atoms with Gasteiger partial charge in [0, 0.05) is 24.7 Å². The average molecular weight is 436 g/mol. The lowest BCUT2D eigenvalue weighted by Crippen LogP contribution is -2.43. The van der Waals surface area contributed by atoms with Gasteiger partial charge in [-0.25, -0.2) is 8.78 Å². The van der Waals surface area contributed by atoms with Gasteiger partial charge in [-0.1, -0.05) is 18.2 Å². The second kappa shape index (κ2) is 9.60. The van der Waals surface area contributed by atoms with Crippen LogP contribution in [-0.4, -0.2) is 29.8 Å². The van der Waals surface area contributed by atoms with Crippen molar-refractivity contribution in [3.05, 3.63) is 90.0 Å². The minimum atomic E-state index is -0.419. The van der Waals surface area contributed by atoms with E-state index >= 15 is 0 Å². The van der Waals surface area contributed by atoms with Crippen molar-refractivity contribution in [3.63, 3.8) is 0 Å². The molecule has 7 heteroatoms. The van der Waals surface area contributed by atoms with Crippen LogP contribution in [0.3, 0.4) is 0 Å². The van der Waals surface area contributed by atoms with Crippen molar-refractivity contribution in [1.82, 2.24) is 4.90 Å². The Balaban J connectivity index is 1.43. The normalized spacial score (nSPS) is 15.8. The first-order chi connectivity index (χ1) is 15.5. The molecule has 0 saturated carbocycles. The summed E-state index contributed by atoms with van der Waals surface area (Å²) in [5.74, 6) is -0.958. The number of carbonyl (C=O) groups excluding carboxylic acids is 2. The molecule has 1 aliphatic rings. The Morgan fingerprint density at radius 2 is 1.72 bits per heavy atom. The molecule has 2 amide bonds. The number of carbonyl (C=O) groups is 2. The molecule has 1 atom stereocenters. The molecule has 0 aliphatic carbocycles. The zero-order valence-corrected chi connectivity index (χ0v) is 17.3. The van der Waals surface area contributed by atoms with Gasteiger partial charge < -0.3 is 15.0 Å². The average Bonchev–Trinajstić information content (AvgIpc) is 2.80. The lowest BCUT2D eigenvalue weighted by Gasteiger charge is -2.32. The number of benzene rings is 3. The minimum absolute atomic E-state index is 0.225. The first kappa shape index (κ1) is 21.5. The van der Waals surface area contributed by atoms with Crippen molar-refractivity contribution < 1.29 is 23.1 Å². The monoisotopic (exact) mass is 436 g/mol. The standard InChI is InChI=1S/C25H22F2N2O3/c26-19-12-10-17(11-13-19)25(31)29-14-4-5-18(16-29)24(30)28-22-8-1-2-9-23(22)32-21-7-3-6-20(27)15-21/h1-3,6-13,15,18H,4-5,14,16H2,(H,28,30). The summed E-state index contributed by atoms with van der Waals surface area (Å²) in [6, 6.07) is 18.1. The van der Waals surface area contributed by atoms with Gasteiger partial charge in [0.25, 0.3) is 5.91 Å². The lowest BCUT2D eigenvalue weighted by molar-refractivity contribution is -0.121. The smallest absolute Gasteiger partial charge is 0.253 e. The molecule has 3 aromatic carbocycles. The molecule has 4 rings (SSSR count). The molecule has 0 aromatic heterocycles. The van der Waals surface area contributed by atoms with E-state index < -0.39 is 17.6 Å². The largest absolute Gasteiger partial charge is 0.455 e. The molecule has 0 radical (unpaired) electrons. The fourth-order valence-corrected chi connectivity index (χ4v) is 3.70. The number of piperidine rings is 1. The van der Waals surface area contributed by atoms with Gasteiger partial charge in [-0.05, 0) is 61.4 Å². The maximum atomic E-state index is 13.5. The van der Waals surface area contributed by atoms with Crippen molar-refractivity contribution in [2.45, 2.75) is 12.8 Å². The van der Waals surface area contributed by atoms with Crippen molar-refractivity contribution in [3.8, 4) is 11.5 Å². The Kier molecular flexibility index (Phi) is 6.44. The number of para-hydroxylation sites is 2. The van der Waals surface area contributed by atoms with Gasteiger partial charge >= 0.3 is 0 Å². The summed E-state index contributed by atoms with van der Waals surface area (Å²) >= 11 is 0. The third kappa shape index (κ3) is 5.11. The topological polar surface area (TPSA) is 58.6 Å². The number of hydrogen-bond acceptors (Lipinski definition) is 3. The summed E-state index contributed by atoms with van der Waals surface area (Å²) in [7, 11) is 0. The molecular formula is C25H22F2N2O3. The van der Waals surface area contributed by atoms with E-state index in [4.69, 9.17) is 4.74 Å². The van der Waals surface area contributed by atoms with Gasteiger partial charge in [-0.15, -0.1) is 0 Å². The lowest BCUT2D eigenvalue weighted by atomic mass is 9.96. The third-order valence-electron chi connectivity index (χ3n) is 5.34. The highest BCUT2D eigenvalue weighted by Crippen LogP contribution is 2.30. The summed E-state index contributed by atoms with van der Waals surface area (Å²) in [5.41, 5.74) is 0.852. The van der Waals surface area contributed by atoms with Crippen LogP contribution in [0.2, 0.25) is 0 Å². The first-order valence-electron chi connectivity index (χ1n) is 10.4. The minimum Gasteiger partial charge on any atom is -0.455 e. The van der Waals surface area contributed by atoms with Crippen LogP contribution in [0, 0.1) is 17.6 Å². The second-order valence-corrected chi connectivity index (χ2v) is 7.64. The number of ether oxygens (including phenoxy) is 1. The Hall–Kier alpha value is -3.74. The van der Waals surface area contributed by atoms with E-state index in [1.807, 2.05) is 0 Å². The van der Waals surface area contributed by atoms with Crippen LogP contribution < -0.4 is 10.1 Å². The zero-order chi connectivity index (χ0) is 22.5. The number of halogens is 2. The zero-order valence-electron chi connectivity index (χ0n) is 17.3. The molecule has 32 heavy (non-hydrogen) atoms. The molecule has 164 valence electrons. The number of nitrogens with zero attached hydrogens (tertiary/aromatic N) is 1. The van der Waals surface area contributed by atoms with Gasteiger partial charge in [0.05, 0.1) is 11.6 Å². The van der Waals surface area contributed by atoms with Crippen molar-refractivity contribution >= 4 is 17.5 Å². The van der Waals surface area contributed by atoms with Crippen molar-refractivity contribution in [2.24, 2.45) is 5.92 Å². The molecule has 1 aliphatic heterocycles. The number of likely N-dealkylation sites (tertiary alicyclic amines) is 1. The highest BCUT2D eigenvalue weighted by Gasteiger charge is 2.29. The maximum absolute atomic E-state index is 13.5. The highest BCUT2D eigenvalue weighted by molar-refractivity contribution is 5.96. The van der Waals surface area contributed by atoms with Crippen LogP contribution in [0.15, 0.2) is 72.8 Å². The highest BCUT2D eigenvalue weighted by atomic mass is 19.1. The maximum Gasteiger partial charge on any atom is 0.253 e. The third-order valence-corrected chi connectivity index (χ3v) is 5.34. The molecule has 1 N–H and O–H groups in total. The number of amides is 2. The van der Waals surface area contributed by atoms with Crippen LogP contribution in [0.5, 0.6) is 11.5 Å². The van der Waals surface area contributed by atoms with Gasteiger partial charge in [0.15, 0.2) is 5.75 Å². The van der Waals surface area contributed by atoms with Crippen LogP contribution >= 0.6 is 0 Å². The SMILES string of the molecule is O=C(Nc1ccccc1Oc1cccc(F)c1)C1CCCN(C(=O)c2ccc(F)cc2)C1. The molecule has 1 saturated heterocycles. The van der Waals surface area contributed by atoms with Crippen LogP contribution in [-0.2, 0) is 4.79 Å². The van der Waals surface area contributed by atoms with Gasteiger partial charge in [-0.3, -0.25) is 9.59 Å². The summed E-state index contributed by atoms with van der Waals surface area (Å²) < 4.78 is 32.4. The fourth-order valence-electron chi connectivity index (χ4n) is 3.70. The molecule has 1 unspecified atom stereocenters. The van der Waals surface area contributed by atoms with Crippen molar-refractivity contribution in [2.75, 3.05) is 18.4 Å². The summed E-state index contributed by atoms with van der Waals surface area (Å²) in [4.78, 5) is 27.3. The molecule has 1 fully saturated rings. The predicted molar refractivity (Wildman–Crippen MR) is 117 cm³/mol. The van der Waals surface area contributed by atoms with E-state index in [9.17, 15) is 18.4 Å². The molecule has 1 heterocycles. The van der Waals surface area contributed by atoms with E-state index in [0.717, 1.165) is 0 Å². The molecule has 5 nitrogen and oxygen atoms in total. The van der Waals surface area contributed by atoms with Gasteiger partial charge in [0.2, 0.25) is 5.91 Å². The summed E-state index contributed by atoms with van der Waals surface area (Å²) in [6.07, 6.45) is 1.33. The Bertz CT molecular complexity index is 1120. The van der Waals surface area contributed by atoms with Gasteiger partial charge in [-0.2, -0.15) is 0 Å². The van der Waals surface area contributed by atoms with Crippen LogP contribution in [0.4, 0.5) is 14.5 Å². The number of hydrogen-bond donors (Lipinski definition) is 1. The van der Waals surface area contributed by atoms with E-state index in [-0.39, 0.29) is 18.4 Å². The fraction of sp³-hybridized carbons (Fsp3) is 0.200. The summed E-state index contributed by atoms with van der Waals surface area (Å²) in [6.45, 7) is 0.814. The van der Waals surface area contributed by atoms with E-state index in [1.54, 1.807) is 41.3 Å². The Labute approximate surface area is 184 Å².